The minimum atomic E-state index is -0.0609. The predicted octanol–water partition coefficient (Wildman–Crippen LogP) is 3.16. The number of piperidine rings is 1. The van der Waals surface area contributed by atoms with E-state index in [1.54, 1.807) is 12.4 Å². The van der Waals surface area contributed by atoms with Crippen molar-refractivity contribution in [1.82, 2.24) is 15.2 Å². The van der Waals surface area contributed by atoms with Crippen LogP contribution in [0.4, 0.5) is 0 Å². The Hall–Kier alpha value is -2.11. The molecule has 0 radical (unpaired) electrons. The van der Waals surface area contributed by atoms with Crippen LogP contribution in [0.5, 0.6) is 5.75 Å². The SMILES string of the molecule is CN1CCC(C(=O)NC[C@@H]2Cc3cc(Cl)cc(-c4ccncc4)c3O2)CC1. The third-order valence-electron chi connectivity index (χ3n) is 5.45. The zero-order chi connectivity index (χ0) is 18.8. The van der Waals surface area contributed by atoms with E-state index in [9.17, 15) is 4.79 Å². The van der Waals surface area contributed by atoms with E-state index in [4.69, 9.17) is 16.3 Å². The lowest BCUT2D eigenvalue weighted by molar-refractivity contribution is -0.126. The van der Waals surface area contributed by atoms with Crippen LogP contribution in [0.2, 0.25) is 5.02 Å². The molecule has 2 aliphatic heterocycles. The van der Waals surface area contributed by atoms with Crippen LogP contribution >= 0.6 is 11.6 Å². The van der Waals surface area contributed by atoms with Crippen LogP contribution in [-0.4, -0.2) is 48.6 Å². The first-order valence-electron chi connectivity index (χ1n) is 9.46. The average Bonchev–Trinajstić information content (AvgIpc) is 3.09. The molecule has 2 aromatic rings. The van der Waals surface area contributed by atoms with Crippen LogP contribution in [0.3, 0.4) is 0 Å². The number of fused-ring (bicyclic) bond motifs is 1. The molecule has 1 N–H and O–H groups in total. The van der Waals surface area contributed by atoms with Crippen molar-refractivity contribution in [3.63, 3.8) is 0 Å². The van der Waals surface area contributed by atoms with Crippen molar-refractivity contribution >= 4 is 17.5 Å². The summed E-state index contributed by atoms with van der Waals surface area (Å²) in [6.07, 6.45) is 6.07. The number of aromatic nitrogens is 1. The van der Waals surface area contributed by atoms with Gasteiger partial charge in [-0.3, -0.25) is 9.78 Å². The summed E-state index contributed by atoms with van der Waals surface area (Å²) in [6, 6.07) is 7.78. The average molecular weight is 386 g/mol. The summed E-state index contributed by atoms with van der Waals surface area (Å²) >= 11 is 6.32. The van der Waals surface area contributed by atoms with Gasteiger partial charge in [0, 0.05) is 40.9 Å². The van der Waals surface area contributed by atoms with Crippen LogP contribution < -0.4 is 10.1 Å². The molecule has 1 atom stereocenters. The number of carbonyl (C=O) groups is 1. The van der Waals surface area contributed by atoms with E-state index in [1.807, 2.05) is 24.3 Å². The van der Waals surface area contributed by atoms with Crippen LogP contribution in [-0.2, 0) is 11.2 Å². The van der Waals surface area contributed by atoms with E-state index in [1.165, 1.54) is 0 Å². The van der Waals surface area contributed by atoms with Gasteiger partial charge in [-0.1, -0.05) is 11.6 Å². The Balaban J connectivity index is 1.42. The maximum atomic E-state index is 12.5. The molecule has 1 amide bonds. The maximum absolute atomic E-state index is 12.5. The van der Waals surface area contributed by atoms with Gasteiger partial charge >= 0.3 is 0 Å². The lowest BCUT2D eigenvalue weighted by atomic mass is 9.96. The number of nitrogens with one attached hydrogen (secondary N) is 1. The van der Waals surface area contributed by atoms with Crippen molar-refractivity contribution < 1.29 is 9.53 Å². The Bertz CT molecular complexity index is 820. The minimum Gasteiger partial charge on any atom is -0.487 e. The van der Waals surface area contributed by atoms with Crippen LogP contribution in [0.1, 0.15) is 18.4 Å². The van der Waals surface area contributed by atoms with Crippen molar-refractivity contribution in [2.24, 2.45) is 5.92 Å². The first kappa shape index (κ1) is 18.3. The number of halogens is 1. The highest BCUT2D eigenvalue weighted by Crippen LogP contribution is 2.40. The van der Waals surface area contributed by atoms with Crippen molar-refractivity contribution in [2.45, 2.75) is 25.4 Å². The number of hydrogen-bond acceptors (Lipinski definition) is 4. The summed E-state index contributed by atoms with van der Waals surface area (Å²) in [5.74, 6) is 1.13. The Morgan fingerprint density at radius 1 is 1.30 bits per heavy atom. The number of ether oxygens (including phenoxy) is 1. The summed E-state index contributed by atoms with van der Waals surface area (Å²) in [6.45, 7) is 2.49. The van der Waals surface area contributed by atoms with Crippen molar-refractivity contribution in [2.75, 3.05) is 26.7 Å². The number of likely N-dealkylation sites (tertiary alicyclic amines) is 1. The Morgan fingerprint density at radius 3 is 2.78 bits per heavy atom. The second-order valence-electron chi connectivity index (χ2n) is 7.44. The monoisotopic (exact) mass is 385 g/mol. The van der Waals surface area contributed by atoms with Gasteiger partial charge in [-0.2, -0.15) is 0 Å². The lowest BCUT2D eigenvalue weighted by Crippen LogP contribution is -2.42. The van der Waals surface area contributed by atoms with Crippen molar-refractivity contribution in [3.8, 4) is 16.9 Å². The summed E-state index contributed by atoms with van der Waals surface area (Å²) < 4.78 is 6.20. The summed E-state index contributed by atoms with van der Waals surface area (Å²) in [5, 5.41) is 3.79. The highest BCUT2D eigenvalue weighted by molar-refractivity contribution is 6.31. The number of carbonyl (C=O) groups excluding carboxylic acids is 1. The summed E-state index contributed by atoms with van der Waals surface area (Å²) in [5.41, 5.74) is 3.09. The topological polar surface area (TPSA) is 54.5 Å². The normalized spacial score (nSPS) is 20.1. The number of pyridine rings is 1. The molecule has 4 rings (SSSR count). The van der Waals surface area contributed by atoms with Gasteiger partial charge in [0.15, 0.2) is 0 Å². The molecule has 27 heavy (non-hydrogen) atoms. The van der Waals surface area contributed by atoms with Gasteiger partial charge < -0.3 is 15.0 Å². The number of benzene rings is 1. The van der Waals surface area contributed by atoms with Crippen LogP contribution in [0.25, 0.3) is 11.1 Å². The molecule has 3 heterocycles. The molecule has 0 spiro atoms. The van der Waals surface area contributed by atoms with E-state index < -0.39 is 0 Å². The molecule has 0 aliphatic carbocycles. The molecule has 0 unspecified atom stereocenters. The van der Waals surface area contributed by atoms with Gasteiger partial charge in [-0.25, -0.2) is 0 Å². The Kier molecular flexibility index (Phi) is 5.32. The zero-order valence-electron chi connectivity index (χ0n) is 15.5. The van der Waals surface area contributed by atoms with Gasteiger partial charge in [0.1, 0.15) is 11.9 Å². The van der Waals surface area contributed by atoms with Crippen molar-refractivity contribution in [1.29, 1.82) is 0 Å². The second kappa shape index (κ2) is 7.87. The van der Waals surface area contributed by atoms with E-state index in [-0.39, 0.29) is 17.9 Å². The summed E-state index contributed by atoms with van der Waals surface area (Å²) in [7, 11) is 2.10. The molecular formula is C21H24ClN3O2. The number of rotatable bonds is 4. The standard InChI is InChI=1S/C21H24ClN3O2/c1-25-8-4-15(5-9-25)21(26)24-13-18-11-16-10-17(22)12-19(20(16)27-18)14-2-6-23-7-3-14/h2-3,6-7,10,12,15,18H,4-5,8-9,11,13H2,1H3,(H,24,26)/t18-/m0/s1. The van der Waals surface area contributed by atoms with Gasteiger partial charge in [0.2, 0.25) is 5.91 Å². The van der Waals surface area contributed by atoms with Gasteiger partial charge in [0.05, 0.1) is 6.54 Å². The van der Waals surface area contributed by atoms with Gasteiger partial charge in [0.25, 0.3) is 0 Å². The summed E-state index contributed by atoms with van der Waals surface area (Å²) in [4.78, 5) is 18.8. The fourth-order valence-electron chi connectivity index (χ4n) is 3.88. The molecule has 142 valence electrons. The molecule has 2 aliphatic rings. The predicted molar refractivity (Wildman–Crippen MR) is 106 cm³/mol. The Labute approximate surface area is 164 Å². The molecule has 1 aromatic carbocycles. The van der Waals surface area contributed by atoms with E-state index in [2.05, 4.69) is 22.2 Å². The van der Waals surface area contributed by atoms with E-state index in [0.29, 0.717) is 11.6 Å². The van der Waals surface area contributed by atoms with Crippen molar-refractivity contribution in [3.05, 3.63) is 47.2 Å². The molecule has 1 fully saturated rings. The maximum Gasteiger partial charge on any atom is 0.223 e. The lowest BCUT2D eigenvalue weighted by Gasteiger charge is -2.28. The number of amides is 1. The smallest absolute Gasteiger partial charge is 0.223 e. The van der Waals surface area contributed by atoms with E-state index in [0.717, 1.165) is 54.8 Å². The zero-order valence-corrected chi connectivity index (χ0v) is 16.2. The molecule has 0 saturated carbocycles. The molecule has 0 bridgehead atoms. The number of nitrogens with zero attached hydrogens (tertiary/aromatic N) is 2. The molecule has 5 nitrogen and oxygen atoms in total. The second-order valence-corrected chi connectivity index (χ2v) is 7.88. The quantitative estimate of drug-likeness (QED) is 0.878. The van der Waals surface area contributed by atoms with E-state index >= 15 is 0 Å². The molecule has 1 aromatic heterocycles. The highest BCUT2D eigenvalue weighted by atomic mass is 35.5. The highest BCUT2D eigenvalue weighted by Gasteiger charge is 2.29. The molecular weight excluding hydrogens is 362 g/mol. The molecule has 1 saturated heterocycles. The first-order valence-corrected chi connectivity index (χ1v) is 9.83. The minimum absolute atomic E-state index is 0.0609. The third kappa shape index (κ3) is 4.09. The van der Waals surface area contributed by atoms with Crippen LogP contribution in [0.15, 0.2) is 36.7 Å². The fourth-order valence-corrected chi connectivity index (χ4v) is 4.12. The van der Waals surface area contributed by atoms with Gasteiger partial charge in [-0.05, 0) is 62.8 Å². The third-order valence-corrected chi connectivity index (χ3v) is 5.67. The fraction of sp³-hybridized carbons (Fsp3) is 0.429. The first-order chi connectivity index (χ1) is 13.1. The Morgan fingerprint density at radius 2 is 2.04 bits per heavy atom. The van der Waals surface area contributed by atoms with Crippen LogP contribution in [0, 0.1) is 5.92 Å². The van der Waals surface area contributed by atoms with Gasteiger partial charge in [-0.15, -0.1) is 0 Å². The largest absolute Gasteiger partial charge is 0.487 e. The molecule has 6 heteroatoms. The number of hydrogen-bond donors (Lipinski definition) is 1.